The van der Waals surface area contributed by atoms with E-state index < -0.39 is 5.97 Å². The van der Waals surface area contributed by atoms with E-state index in [0.29, 0.717) is 31.0 Å². The van der Waals surface area contributed by atoms with Crippen molar-refractivity contribution in [1.29, 1.82) is 0 Å². The van der Waals surface area contributed by atoms with Gasteiger partial charge in [0.05, 0.1) is 12.1 Å². The van der Waals surface area contributed by atoms with Crippen LogP contribution in [-0.4, -0.2) is 25.4 Å². The van der Waals surface area contributed by atoms with E-state index in [0.717, 1.165) is 29.8 Å². The molecule has 1 aliphatic carbocycles. The molecule has 0 unspecified atom stereocenters. The molecular weight excluding hydrogens is 426 g/mol. The van der Waals surface area contributed by atoms with Crippen LogP contribution < -0.4 is 5.69 Å². The van der Waals surface area contributed by atoms with Crippen molar-refractivity contribution in [1.82, 2.24) is 14.3 Å². The molecule has 0 atom stereocenters. The molecule has 1 N–H and O–H groups in total. The number of nitrogens with zero attached hydrogens (tertiary/aromatic N) is 3. The zero-order valence-electron chi connectivity index (χ0n) is 19.7. The lowest BCUT2D eigenvalue weighted by atomic mass is 9.87. The number of carboxylic acid groups (broad SMARTS) is 1. The summed E-state index contributed by atoms with van der Waals surface area (Å²) in [7, 11) is 0. The third-order valence-corrected chi connectivity index (χ3v) is 6.81. The molecule has 1 heterocycles. The van der Waals surface area contributed by atoms with Gasteiger partial charge in [0, 0.05) is 13.0 Å². The van der Waals surface area contributed by atoms with Gasteiger partial charge in [-0.15, -0.1) is 6.58 Å². The molecule has 4 rings (SSSR count). The molecule has 0 spiro atoms. The van der Waals surface area contributed by atoms with E-state index in [1.807, 2.05) is 42.5 Å². The second kappa shape index (κ2) is 11.1. The summed E-state index contributed by atoms with van der Waals surface area (Å²) in [6.07, 6.45) is 10.8. The summed E-state index contributed by atoms with van der Waals surface area (Å²) >= 11 is 0. The van der Waals surface area contributed by atoms with Crippen molar-refractivity contribution in [3.63, 3.8) is 0 Å². The average Bonchev–Trinajstić information content (AvgIpc) is 3.16. The van der Waals surface area contributed by atoms with Gasteiger partial charge in [0.2, 0.25) is 0 Å². The average molecular weight is 460 g/mol. The molecule has 34 heavy (non-hydrogen) atoms. The van der Waals surface area contributed by atoms with Crippen molar-refractivity contribution >= 4 is 5.97 Å². The van der Waals surface area contributed by atoms with Gasteiger partial charge >= 0.3 is 11.7 Å². The Bertz CT molecular complexity index is 1180. The minimum absolute atomic E-state index is 0.0600. The number of carboxylic acids is 1. The van der Waals surface area contributed by atoms with Gasteiger partial charge in [0.1, 0.15) is 5.82 Å². The number of allylic oxidation sites excluding steroid dienone is 1. The molecule has 3 aromatic rings. The summed E-state index contributed by atoms with van der Waals surface area (Å²) in [6.45, 7) is 4.92. The van der Waals surface area contributed by atoms with Gasteiger partial charge in [0.15, 0.2) is 0 Å². The van der Waals surface area contributed by atoms with Gasteiger partial charge in [0.25, 0.3) is 0 Å². The minimum Gasteiger partial charge on any atom is -0.478 e. The quantitative estimate of drug-likeness (QED) is 0.404. The molecule has 0 aliphatic heterocycles. The number of rotatable bonds is 10. The van der Waals surface area contributed by atoms with Crippen molar-refractivity contribution in [2.24, 2.45) is 5.92 Å². The molecule has 6 nitrogen and oxygen atoms in total. The highest BCUT2D eigenvalue weighted by Crippen LogP contribution is 2.27. The Labute approximate surface area is 200 Å². The monoisotopic (exact) mass is 459 g/mol. The maximum absolute atomic E-state index is 13.2. The Kier molecular flexibility index (Phi) is 7.78. The molecule has 6 heteroatoms. The molecular formula is C28H33N3O3. The fourth-order valence-electron chi connectivity index (χ4n) is 4.88. The van der Waals surface area contributed by atoms with Crippen LogP contribution in [0.3, 0.4) is 0 Å². The maximum Gasteiger partial charge on any atom is 0.346 e. The van der Waals surface area contributed by atoms with E-state index in [2.05, 4.69) is 11.7 Å². The summed E-state index contributed by atoms with van der Waals surface area (Å²) < 4.78 is 3.41. The van der Waals surface area contributed by atoms with E-state index in [4.69, 9.17) is 0 Å². The molecule has 178 valence electrons. The third-order valence-electron chi connectivity index (χ3n) is 6.81. The Morgan fingerprint density at radius 2 is 1.82 bits per heavy atom. The summed E-state index contributed by atoms with van der Waals surface area (Å²) in [5, 5.41) is 14.2. The molecule has 0 bridgehead atoms. The van der Waals surface area contributed by atoms with Crippen LogP contribution in [0.2, 0.25) is 0 Å². The predicted molar refractivity (Wildman–Crippen MR) is 134 cm³/mol. The van der Waals surface area contributed by atoms with Crippen LogP contribution in [0.5, 0.6) is 0 Å². The first-order chi connectivity index (χ1) is 16.6. The van der Waals surface area contributed by atoms with Crippen LogP contribution in [0.1, 0.15) is 66.7 Å². The van der Waals surface area contributed by atoms with E-state index in [1.165, 1.54) is 32.1 Å². The fraction of sp³-hybridized carbons (Fsp3) is 0.393. The largest absolute Gasteiger partial charge is 0.478 e. The lowest BCUT2D eigenvalue weighted by Crippen LogP contribution is -2.27. The Morgan fingerprint density at radius 1 is 1.09 bits per heavy atom. The fourth-order valence-corrected chi connectivity index (χ4v) is 4.88. The van der Waals surface area contributed by atoms with Crippen molar-refractivity contribution in [2.45, 2.75) is 64.5 Å². The Morgan fingerprint density at radius 3 is 2.53 bits per heavy atom. The van der Waals surface area contributed by atoms with Crippen LogP contribution in [0.4, 0.5) is 0 Å². The smallest absolute Gasteiger partial charge is 0.346 e. The second-order valence-corrected chi connectivity index (χ2v) is 9.18. The van der Waals surface area contributed by atoms with Crippen molar-refractivity contribution in [3.05, 3.63) is 88.6 Å². The predicted octanol–water partition coefficient (Wildman–Crippen LogP) is 5.55. The normalized spacial score (nSPS) is 14.2. The lowest BCUT2D eigenvalue weighted by molar-refractivity contribution is 0.0697. The van der Waals surface area contributed by atoms with E-state index >= 15 is 0 Å². The van der Waals surface area contributed by atoms with Crippen LogP contribution in [-0.2, 0) is 19.5 Å². The number of aryl methyl sites for hydroxylation is 2. The van der Waals surface area contributed by atoms with Crippen LogP contribution >= 0.6 is 0 Å². The van der Waals surface area contributed by atoms with Gasteiger partial charge in [-0.1, -0.05) is 80.6 Å². The zero-order chi connectivity index (χ0) is 23.9. The van der Waals surface area contributed by atoms with Gasteiger partial charge in [-0.2, -0.15) is 5.10 Å². The number of aromatic carboxylic acids is 1. The molecule has 0 amide bonds. The highest BCUT2D eigenvalue weighted by atomic mass is 16.4. The highest BCUT2D eigenvalue weighted by molar-refractivity contribution is 5.95. The van der Waals surface area contributed by atoms with Crippen LogP contribution in [0.15, 0.2) is 66.0 Å². The lowest BCUT2D eigenvalue weighted by Gasteiger charge is -2.20. The van der Waals surface area contributed by atoms with E-state index in [-0.39, 0.29) is 11.3 Å². The number of benzene rings is 2. The topological polar surface area (TPSA) is 77.1 Å². The van der Waals surface area contributed by atoms with Crippen molar-refractivity contribution in [3.8, 4) is 11.1 Å². The summed E-state index contributed by atoms with van der Waals surface area (Å²) in [5.41, 5.74) is 2.71. The maximum atomic E-state index is 13.2. The van der Waals surface area contributed by atoms with Crippen LogP contribution in [0.25, 0.3) is 11.1 Å². The van der Waals surface area contributed by atoms with Gasteiger partial charge in [-0.25, -0.2) is 14.3 Å². The van der Waals surface area contributed by atoms with Gasteiger partial charge in [-0.3, -0.25) is 4.57 Å². The summed E-state index contributed by atoms with van der Waals surface area (Å²) in [5.74, 6) is 0.538. The molecule has 1 saturated carbocycles. The number of hydrogen-bond donors (Lipinski definition) is 1. The number of hydrogen-bond acceptors (Lipinski definition) is 3. The molecule has 2 aromatic carbocycles. The van der Waals surface area contributed by atoms with Gasteiger partial charge in [-0.05, 0) is 41.5 Å². The van der Waals surface area contributed by atoms with E-state index in [1.54, 1.807) is 21.4 Å². The molecule has 0 saturated heterocycles. The molecule has 1 fully saturated rings. The minimum atomic E-state index is -0.946. The van der Waals surface area contributed by atoms with Crippen molar-refractivity contribution in [2.75, 3.05) is 0 Å². The second-order valence-electron chi connectivity index (χ2n) is 9.18. The number of aromatic nitrogens is 3. The Balaban J connectivity index is 1.54. The summed E-state index contributed by atoms with van der Waals surface area (Å²) in [4.78, 5) is 24.8. The first-order valence-corrected chi connectivity index (χ1v) is 12.3. The zero-order valence-corrected chi connectivity index (χ0v) is 19.7. The van der Waals surface area contributed by atoms with E-state index in [9.17, 15) is 14.7 Å². The Hall–Kier alpha value is -3.41. The number of carbonyl (C=O) groups is 1. The molecule has 0 radical (unpaired) electrons. The first-order valence-electron chi connectivity index (χ1n) is 12.3. The highest BCUT2D eigenvalue weighted by Gasteiger charge is 2.17. The molecule has 1 aliphatic rings. The third kappa shape index (κ3) is 5.56. The summed E-state index contributed by atoms with van der Waals surface area (Å²) in [6, 6.07) is 14.7. The van der Waals surface area contributed by atoms with Gasteiger partial charge < -0.3 is 5.11 Å². The first kappa shape index (κ1) is 23.7. The van der Waals surface area contributed by atoms with Crippen molar-refractivity contribution < 1.29 is 9.90 Å². The van der Waals surface area contributed by atoms with Crippen LogP contribution in [0, 0.1) is 5.92 Å². The molecule has 1 aromatic heterocycles. The standard InChI is InChI=1S/C28H33N3O3/c1-2-3-13-26-29-31(19-18-21-9-5-4-6-10-21)28(34)30(26)20-22-14-16-23(17-15-22)24-11-7-8-12-25(24)27(32)33/h2,7-8,11-12,14-17,21H,1,3-6,9-10,13,18-20H2,(H,32,33). The SMILES string of the molecule is C=CCCc1nn(CCC2CCCCC2)c(=O)n1Cc1ccc(-c2ccccc2C(=O)O)cc1.